The quantitative estimate of drug-likeness (QED) is 0.849. The summed E-state index contributed by atoms with van der Waals surface area (Å²) < 4.78 is 0.877. The van der Waals surface area contributed by atoms with Crippen LogP contribution in [-0.2, 0) is 9.59 Å². The monoisotopic (exact) mass is 385 g/mol. The fraction of sp³-hybridized carbons (Fsp3) is 0.111. The number of para-hydroxylation sites is 1. The average Bonchev–Trinajstić information content (AvgIpc) is 2.56. The third-order valence-electron chi connectivity index (χ3n) is 3.65. The molecule has 0 aliphatic carbocycles. The van der Waals surface area contributed by atoms with Gasteiger partial charge in [-0.25, -0.2) is 5.01 Å². The Labute approximate surface area is 148 Å². The molecule has 0 bridgehead atoms. The van der Waals surface area contributed by atoms with Crippen LogP contribution in [0.5, 0.6) is 0 Å². The van der Waals surface area contributed by atoms with Crippen molar-refractivity contribution in [3.8, 4) is 0 Å². The summed E-state index contributed by atoms with van der Waals surface area (Å²) in [6, 6.07) is 14.9. The van der Waals surface area contributed by atoms with E-state index in [-0.39, 0.29) is 18.2 Å². The summed E-state index contributed by atoms with van der Waals surface area (Å²) in [5.41, 5.74) is 5.63. The molecule has 1 aliphatic heterocycles. The van der Waals surface area contributed by atoms with Crippen LogP contribution in [0.3, 0.4) is 0 Å². The zero-order chi connectivity index (χ0) is 17.1. The first-order valence-electron chi connectivity index (χ1n) is 7.47. The SMILES string of the molecule is Cc1ccccc1N1NC(C(=O)Nc2cccc(Br)c2)=CCC1=O. The maximum Gasteiger partial charge on any atom is 0.273 e. The molecule has 5 nitrogen and oxygen atoms in total. The lowest BCUT2D eigenvalue weighted by Gasteiger charge is -2.29. The van der Waals surface area contributed by atoms with Crippen LogP contribution in [0.15, 0.2) is 64.8 Å². The predicted octanol–water partition coefficient (Wildman–Crippen LogP) is 3.52. The number of nitrogens with zero attached hydrogens (tertiary/aromatic N) is 1. The maximum atomic E-state index is 12.5. The highest BCUT2D eigenvalue weighted by atomic mass is 79.9. The molecule has 0 saturated carbocycles. The normalized spacial score (nSPS) is 14.0. The van der Waals surface area contributed by atoms with Gasteiger partial charge in [0.2, 0.25) is 5.91 Å². The Morgan fingerprint density at radius 2 is 2.00 bits per heavy atom. The van der Waals surface area contributed by atoms with Gasteiger partial charge in [0.1, 0.15) is 5.70 Å². The smallest absolute Gasteiger partial charge is 0.273 e. The van der Waals surface area contributed by atoms with Crippen molar-refractivity contribution in [3.05, 3.63) is 70.3 Å². The molecule has 2 amide bonds. The Morgan fingerprint density at radius 3 is 2.75 bits per heavy atom. The Hall–Kier alpha value is -2.60. The van der Waals surface area contributed by atoms with Crippen molar-refractivity contribution in [2.45, 2.75) is 13.3 Å². The third-order valence-corrected chi connectivity index (χ3v) is 4.14. The fourth-order valence-corrected chi connectivity index (χ4v) is 2.83. The molecule has 2 N–H and O–H groups in total. The second kappa shape index (κ2) is 6.88. The number of aryl methyl sites for hydroxylation is 1. The molecule has 1 aliphatic rings. The molecular formula is C18H16BrN3O2. The number of anilines is 2. The summed E-state index contributed by atoms with van der Waals surface area (Å²) in [6.07, 6.45) is 1.77. The van der Waals surface area contributed by atoms with Crippen LogP contribution < -0.4 is 15.8 Å². The number of carbonyl (C=O) groups is 2. The van der Waals surface area contributed by atoms with E-state index in [2.05, 4.69) is 26.7 Å². The Balaban J connectivity index is 1.78. The summed E-state index contributed by atoms with van der Waals surface area (Å²) in [7, 11) is 0. The van der Waals surface area contributed by atoms with E-state index in [9.17, 15) is 9.59 Å². The summed E-state index contributed by atoms with van der Waals surface area (Å²) in [5, 5.41) is 4.24. The third kappa shape index (κ3) is 3.49. The highest BCUT2D eigenvalue weighted by molar-refractivity contribution is 9.10. The van der Waals surface area contributed by atoms with Crippen LogP contribution in [0.2, 0.25) is 0 Å². The molecule has 0 radical (unpaired) electrons. The minimum Gasteiger partial charge on any atom is -0.321 e. The number of hydrogen-bond donors (Lipinski definition) is 2. The van der Waals surface area contributed by atoms with Gasteiger partial charge in [-0.15, -0.1) is 0 Å². The zero-order valence-electron chi connectivity index (χ0n) is 13.0. The molecule has 0 atom stereocenters. The van der Waals surface area contributed by atoms with Crippen LogP contribution in [0.1, 0.15) is 12.0 Å². The summed E-state index contributed by atoms with van der Waals surface area (Å²) >= 11 is 3.37. The molecule has 3 rings (SSSR count). The van der Waals surface area contributed by atoms with E-state index < -0.39 is 0 Å². The van der Waals surface area contributed by atoms with E-state index >= 15 is 0 Å². The molecule has 2 aromatic rings. The van der Waals surface area contributed by atoms with E-state index in [1.807, 2.05) is 49.4 Å². The number of hydrazine groups is 1. The largest absolute Gasteiger partial charge is 0.321 e. The van der Waals surface area contributed by atoms with Gasteiger partial charge < -0.3 is 5.32 Å². The molecule has 6 heteroatoms. The first-order chi connectivity index (χ1) is 11.5. The van der Waals surface area contributed by atoms with Crippen LogP contribution >= 0.6 is 15.9 Å². The molecule has 1 heterocycles. The summed E-state index contributed by atoms with van der Waals surface area (Å²) in [4.78, 5) is 24.7. The number of hydrogen-bond acceptors (Lipinski definition) is 3. The lowest BCUT2D eigenvalue weighted by atomic mass is 10.1. The van der Waals surface area contributed by atoms with Crippen molar-refractivity contribution in [3.63, 3.8) is 0 Å². The molecule has 122 valence electrons. The number of amides is 2. The Morgan fingerprint density at radius 1 is 1.21 bits per heavy atom. The van der Waals surface area contributed by atoms with Gasteiger partial charge in [-0.3, -0.25) is 15.0 Å². The van der Waals surface area contributed by atoms with Gasteiger partial charge in [-0.1, -0.05) is 40.2 Å². The van der Waals surface area contributed by atoms with Crippen LogP contribution in [0, 0.1) is 6.92 Å². The predicted molar refractivity (Wildman–Crippen MR) is 97.3 cm³/mol. The topological polar surface area (TPSA) is 61.4 Å². The van der Waals surface area contributed by atoms with Gasteiger partial charge in [-0.05, 0) is 42.8 Å². The average molecular weight is 386 g/mol. The van der Waals surface area contributed by atoms with Crippen molar-refractivity contribution < 1.29 is 9.59 Å². The van der Waals surface area contributed by atoms with Gasteiger partial charge in [0.15, 0.2) is 0 Å². The standard InChI is InChI=1S/C18H16BrN3O2/c1-12-5-2-3-8-16(12)22-17(23)10-9-15(21-22)18(24)20-14-7-4-6-13(19)11-14/h2-9,11,21H,10H2,1H3,(H,20,24). The minimum absolute atomic E-state index is 0.108. The highest BCUT2D eigenvalue weighted by Gasteiger charge is 2.25. The van der Waals surface area contributed by atoms with Crippen molar-refractivity contribution in [2.24, 2.45) is 0 Å². The maximum absolute atomic E-state index is 12.5. The van der Waals surface area contributed by atoms with E-state index in [0.717, 1.165) is 15.7 Å². The van der Waals surface area contributed by atoms with Crippen molar-refractivity contribution >= 4 is 39.1 Å². The molecule has 0 spiro atoms. The van der Waals surface area contributed by atoms with E-state index in [0.29, 0.717) is 11.4 Å². The van der Waals surface area contributed by atoms with Gasteiger partial charge in [0.25, 0.3) is 5.91 Å². The number of nitrogens with one attached hydrogen (secondary N) is 2. The fourth-order valence-electron chi connectivity index (χ4n) is 2.43. The lowest BCUT2D eigenvalue weighted by molar-refractivity contribution is -0.119. The Kier molecular flexibility index (Phi) is 4.66. The Bertz CT molecular complexity index is 833. The van der Waals surface area contributed by atoms with Gasteiger partial charge in [-0.2, -0.15) is 0 Å². The van der Waals surface area contributed by atoms with Crippen molar-refractivity contribution in [2.75, 3.05) is 10.3 Å². The second-order valence-electron chi connectivity index (χ2n) is 5.41. The molecule has 2 aromatic carbocycles. The zero-order valence-corrected chi connectivity index (χ0v) is 14.6. The van der Waals surface area contributed by atoms with Crippen molar-refractivity contribution in [1.29, 1.82) is 0 Å². The van der Waals surface area contributed by atoms with Crippen LogP contribution in [-0.4, -0.2) is 11.8 Å². The lowest BCUT2D eigenvalue weighted by Crippen LogP contribution is -2.48. The molecule has 0 unspecified atom stereocenters. The van der Waals surface area contributed by atoms with Gasteiger partial charge >= 0.3 is 0 Å². The van der Waals surface area contributed by atoms with E-state index in [4.69, 9.17) is 0 Å². The first kappa shape index (κ1) is 16.3. The number of benzene rings is 2. The number of carbonyl (C=O) groups excluding carboxylic acids is 2. The summed E-state index contributed by atoms with van der Waals surface area (Å²) in [5.74, 6) is -0.400. The molecule has 0 aromatic heterocycles. The van der Waals surface area contributed by atoms with E-state index in [1.165, 1.54) is 5.01 Å². The molecule has 0 fully saturated rings. The van der Waals surface area contributed by atoms with Crippen molar-refractivity contribution in [1.82, 2.24) is 5.43 Å². The number of rotatable bonds is 3. The van der Waals surface area contributed by atoms with Gasteiger partial charge in [0.05, 0.1) is 5.69 Å². The first-order valence-corrected chi connectivity index (χ1v) is 8.26. The summed E-state index contributed by atoms with van der Waals surface area (Å²) in [6.45, 7) is 1.92. The van der Waals surface area contributed by atoms with Crippen LogP contribution in [0.25, 0.3) is 0 Å². The van der Waals surface area contributed by atoms with Crippen LogP contribution in [0.4, 0.5) is 11.4 Å². The van der Waals surface area contributed by atoms with Gasteiger partial charge in [0, 0.05) is 16.6 Å². The van der Waals surface area contributed by atoms with E-state index in [1.54, 1.807) is 12.1 Å². The molecule has 0 saturated heterocycles. The minimum atomic E-state index is -0.292. The second-order valence-corrected chi connectivity index (χ2v) is 6.33. The number of halogens is 1. The highest BCUT2D eigenvalue weighted by Crippen LogP contribution is 2.22. The molecule has 24 heavy (non-hydrogen) atoms. The molecular weight excluding hydrogens is 370 g/mol.